The van der Waals surface area contributed by atoms with Crippen LogP contribution in [0.15, 0.2) is 42.6 Å². The van der Waals surface area contributed by atoms with Crippen molar-refractivity contribution in [2.45, 2.75) is 5.92 Å². The minimum absolute atomic E-state index is 0.481. The van der Waals surface area contributed by atoms with Gasteiger partial charge in [0, 0.05) is 17.8 Å². The van der Waals surface area contributed by atoms with E-state index in [0.717, 1.165) is 0 Å². The third-order valence-corrected chi connectivity index (χ3v) is 1.73. The smallest absolute Gasteiger partial charge is 0.0356 e. The van der Waals surface area contributed by atoms with Crippen LogP contribution in [0.2, 0.25) is 0 Å². The molecule has 0 saturated heterocycles. The Hall–Kier alpha value is -1.24. The van der Waals surface area contributed by atoms with Crippen molar-refractivity contribution in [2.24, 2.45) is 0 Å². The molecule has 0 bridgehead atoms. The Bertz CT molecular complexity index is 242. The molecule has 0 unspecified atom stereocenters. The highest BCUT2D eigenvalue weighted by Gasteiger charge is 2.05. The van der Waals surface area contributed by atoms with Crippen LogP contribution in [-0.2, 0) is 0 Å². The van der Waals surface area contributed by atoms with E-state index in [9.17, 15) is 0 Å². The number of rotatable bonds is 1. The van der Waals surface area contributed by atoms with Crippen molar-refractivity contribution in [1.29, 1.82) is 0 Å². The van der Waals surface area contributed by atoms with Crippen LogP contribution in [0.1, 0.15) is 11.6 Å². The Balaban J connectivity index is 2.29. The lowest BCUT2D eigenvalue weighted by Crippen LogP contribution is -1.86. The average Bonchev–Trinajstić information content (AvgIpc) is 2.59. The third kappa shape index (κ3) is 0.798. The van der Waals surface area contributed by atoms with E-state index in [0.29, 0.717) is 5.92 Å². The van der Waals surface area contributed by atoms with E-state index in [1.807, 2.05) is 12.3 Å². The molecule has 1 heterocycles. The second-order valence-electron chi connectivity index (χ2n) is 2.42. The lowest BCUT2D eigenvalue weighted by atomic mass is 10.1. The van der Waals surface area contributed by atoms with Crippen LogP contribution < -0.4 is 0 Å². The molecular formula is C9H9N. The van der Waals surface area contributed by atoms with Crippen LogP contribution in [0, 0.1) is 0 Å². The van der Waals surface area contributed by atoms with Gasteiger partial charge < -0.3 is 4.98 Å². The fourth-order valence-corrected chi connectivity index (χ4v) is 1.19. The second kappa shape index (κ2) is 2.18. The lowest BCUT2D eigenvalue weighted by molar-refractivity contribution is 1.03. The summed E-state index contributed by atoms with van der Waals surface area (Å²) in [6.45, 7) is 0. The van der Waals surface area contributed by atoms with E-state index < -0.39 is 0 Å². The zero-order valence-corrected chi connectivity index (χ0v) is 5.62. The number of allylic oxidation sites excluding steroid dienone is 4. The topological polar surface area (TPSA) is 15.8 Å². The summed E-state index contributed by atoms with van der Waals surface area (Å²) < 4.78 is 0. The Morgan fingerprint density at radius 3 is 2.60 bits per heavy atom. The third-order valence-electron chi connectivity index (χ3n) is 1.73. The van der Waals surface area contributed by atoms with Crippen LogP contribution in [-0.4, -0.2) is 4.98 Å². The van der Waals surface area contributed by atoms with Gasteiger partial charge in [0.2, 0.25) is 0 Å². The summed E-state index contributed by atoms with van der Waals surface area (Å²) in [5.74, 6) is 0.481. The van der Waals surface area contributed by atoms with Crippen molar-refractivity contribution < 1.29 is 0 Å². The highest BCUT2D eigenvalue weighted by molar-refractivity contribution is 5.30. The molecule has 10 heavy (non-hydrogen) atoms. The van der Waals surface area contributed by atoms with E-state index in [1.54, 1.807) is 0 Å². The molecule has 0 aromatic carbocycles. The van der Waals surface area contributed by atoms with Gasteiger partial charge in [0.1, 0.15) is 0 Å². The maximum Gasteiger partial charge on any atom is 0.0356 e. The normalized spacial score (nSPS) is 16.8. The molecule has 0 spiro atoms. The predicted octanol–water partition coefficient (Wildman–Crippen LogP) is 2.22. The van der Waals surface area contributed by atoms with Gasteiger partial charge in [0.05, 0.1) is 0 Å². The first-order chi connectivity index (χ1) is 4.97. The molecule has 2 rings (SSSR count). The molecule has 0 aliphatic heterocycles. The molecule has 0 fully saturated rings. The second-order valence-corrected chi connectivity index (χ2v) is 2.42. The maximum atomic E-state index is 3.18. The average molecular weight is 131 g/mol. The fourth-order valence-electron chi connectivity index (χ4n) is 1.19. The molecule has 0 radical (unpaired) electrons. The first-order valence-corrected chi connectivity index (χ1v) is 3.45. The summed E-state index contributed by atoms with van der Waals surface area (Å²) in [5, 5.41) is 0. The summed E-state index contributed by atoms with van der Waals surface area (Å²) in [7, 11) is 0. The van der Waals surface area contributed by atoms with Crippen molar-refractivity contribution >= 4 is 0 Å². The molecule has 0 saturated carbocycles. The summed E-state index contributed by atoms with van der Waals surface area (Å²) in [5.41, 5.74) is 1.27. The zero-order valence-electron chi connectivity index (χ0n) is 5.62. The number of hydrogen-bond acceptors (Lipinski definition) is 0. The summed E-state index contributed by atoms with van der Waals surface area (Å²) in [6.07, 6.45) is 10.4. The van der Waals surface area contributed by atoms with Crippen molar-refractivity contribution in [3.8, 4) is 0 Å². The van der Waals surface area contributed by atoms with Gasteiger partial charge in [-0.1, -0.05) is 24.3 Å². The van der Waals surface area contributed by atoms with Crippen LogP contribution in [0.4, 0.5) is 0 Å². The highest BCUT2D eigenvalue weighted by Crippen LogP contribution is 2.20. The summed E-state index contributed by atoms with van der Waals surface area (Å²) in [6, 6.07) is 4.12. The van der Waals surface area contributed by atoms with E-state index in [1.165, 1.54) is 5.69 Å². The van der Waals surface area contributed by atoms with Gasteiger partial charge in [0.25, 0.3) is 0 Å². The molecular weight excluding hydrogens is 122 g/mol. The van der Waals surface area contributed by atoms with E-state index in [-0.39, 0.29) is 0 Å². The van der Waals surface area contributed by atoms with Gasteiger partial charge in [0.15, 0.2) is 0 Å². The van der Waals surface area contributed by atoms with Gasteiger partial charge in [-0.2, -0.15) is 0 Å². The van der Waals surface area contributed by atoms with Crippen molar-refractivity contribution in [2.75, 3.05) is 0 Å². The van der Waals surface area contributed by atoms with Crippen LogP contribution in [0.25, 0.3) is 0 Å². The van der Waals surface area contributed by atoms with E-state index >= 15 is 0 Å². The highest BCUT2D eigenvalue weighted by atomic mass is 14.7. The number of H-pyrrole nitrogens is 1. The Labute approximate surface area is 60.1 Å². The Morgan fingerprint density at radius 1 is 1.20 bits per heavy atom. The first kappa shape index (κ1) is 5.54. The Kier molecular flexibility index (Phi) is 1.21. The molecule has 0 atom stereocenters. The first-order valence-electron chi connectivity index (χ1n) is 3.45. The van der Waals surface area contributed by atoms with Gasteiger partial charge in [-0.3, -0.25) is 0 Å². The predicted molar refractivity (Wildman–Crippen MR) is 41.8 cm³/mol. The van der Waals surface area contributed by atoms with E-state index in [4.69, 9.17) is 0 Å². The fraction of sp³-hybridized carbons (Fsp3) is 0.111. The Morgan fingerprint density at radius 2 is 2.00 bits per heavy atom. The molecule has 1 N–H and O–H groups in total. The monoisotopic (exact) mass is 131 g/mol. The van der Waals surface area contributed by atoms with Crippen LogP contribution in [0.3, 0.4) is 0 Å². The number of hydrogen-bond donors (Lipinski definition) is 1. The molecule has 1 aromatic heterocycles. The molecule has 1 aromatic rings. The van der Waals surface area contributed by atoms with Crippen molar-refractivity contribution in [1.82, 2.24) is 4.98 Å². The van der Waals surface area contributed by atoms with Crippen LogP contribution in [0.5, 0.6) is 0 Å². The molecule has 1 aliphatic rings. The van der Waals surface area contributed by atoms with Gasteiger partial charge >= 0.3 is 0 Å². The number of aromatic amines is 1. The maximum absolute atomic E-state index is 3.18. The summed E-state index contributed by atoms with van der Waals surface area (Å²) >= 11 is 0. The van der Waals surface area contributed by atoms with Gasteiger partial charge in [-0.15, -0.1) is 0 Å². The van der Waals surface area contributed by atoms with Gasteiger partial charge in [-0.25, -0.2) is 0 Å². The zero-order chi connectivity index (χ0) is 6.81. The molecule has 1 aliphatic carbocycles. The minimum Gasteiger partial charge on any atom is -0.364 e. The molecule has 1 nitrogen and oxygen atoms in total. The largest absolute Gasteiger partial charge is 0.364 e. The molecule has 1 heteroatoms. The van der Waals surface area contributed by atoms with Crippen molar-refractivity contribution in [3.05, 3.63) is 48.3 Å². The van der Waals surface area contributed by atoms with E-state index in [2.05, 4.69) is 35.4 Å². The lowest BCUT2D eigenvalue weighted by Gasteiger charge is -1.99. The van der Waals surface area contributed by atoms with Crippen molar-refractivity contribution in [3.63, 3.8) is 0 Å². The quantitative estimate of drug-likeness (QED) is 0.601. The van der Waals surface area contributed by atoms with Gasteiger partial charge in [-0.05, 0) is 12.1 Å². The number of aromatic nitrogens is 1. The number of nitrogens with one attached hydrogen (secondary N) is 1. The summed E-state index contributed by atoms with van der Waals surface area (Å²) in [4.78, 5) is 3.18. The molecule has 50 valence electrons. The molecule has 0 amide bonds. The van der Waals surface area contributed by atoms with Crippen LogP contribution >= 0.6 is 0 Å². The SMILES string of the molecule is C1=CC(c2ccc[nH]2)C=C1. The standard InChI is InChI=1S/C9H9N/c1-2-5-8(4-1)9-6-3-7-10-9/h1-8,10H. The minimum atomic E-state index is 0.481.